The molecule has 2 rings (SSSR count). The summed E-state index contributed by atoms with van der Waals surface area (Å²) in [6.45, 7) is 9.84. The lowest BCUT2D eigenvalue weighted by Crippen LogP contribution is -2.46. The number of anilines is 1. The molecular formula is C21H26N2O5. The average Bonchev–Trinajstić information content (AvgIpc) is 2.68. The maximum Gasteiger partial charge on any atom is 0.310 e. The van der Waals surface area contributed by atoms with E-state index in [0.29, 0.717) is 12.3 Å². The second kappa shape index (κ2) is 10.3. The van der Waals surface area contributed by atoms with E-state index >= 15 is 0 Å². The van der Waals surface area contributed by atoms with Gasteiger partial charge in [-0.25, -0.2) is 0 Å². The standard InChI is InChI=1S/C21H26N2O5/c1-4-6-9-14-22-18-11-7-8-12-19(18)28-20(21(22)24)13-15-27-16(3)17(10-5-2)23(25)26/h5,7-8,10-12,20H,2-4,6,9,13-15H2,1H3/b17-10+. The van der Waals surface area contributed by atoms with E-state index in [1.807, 2.05) is 24.3 Å². The summed E-state index contributed by atoms with van der Waals surface area (Å²) in [6, 6.07) is 7.44. The van der Waals surface area contributed by atoms with Crippen LogP contribution in [0, 0.1) is 10.1 Å². The molecule has 0 spiro atoms. The molecule has 1 atom stereocenters. The van der Waals surface area contributed by atoms with E-state index in [2.05, 4.69) is 20.1 Å². The number of rotatable bonds is 11. The minimum absolute atomic E-state index is 0.0720. The number of nitrogens with zero attached hydrogens (tertiary/aromatic N) is 2. The van der Waals surface area contributed by atoms with Gasteiger partial charge in [0, 0.05) is 19.0 Å². The highest BCUT2D eigenvalue weighted by Crippen LogP contribution is 2.34. The number of unbranched alkanes of at least 4 members (excludes halogenated alkanes) is 2. The summed E-state index contributed by atoms with van der Waals surface area (Å²) in [5.74, 6) is 0.452. The zero-order valence-electron chi connectivity index (χ0n) is 16.1. The third kappa shape index (κ3) is 5.22. The Morgan fingerprint density at radius 1 is 1.39 bits per heavy atom. The highest BCUT2D eigenvalue weighted by atomic mass is 16.6. The lowest BCUT2D eigenvalue weighted by atomic mass is 10.1. The molecule has 0 N–H and O–H groups in total. The van der Waals surface area contributed by atoms with Gasteiger partial charge in [0.25, 0.3) is 5.91 Å². The normalized spacial score (nSPS) is 16.2. The Labute approximate surface area is 165 Å². The molecule has 0 saturated heterocycles. The molecule has 0 bridgehead atoms. The Morgan fingerprint density at radius 2 is 2.14 bits per heavy atom. The van der Waals surface area contributed by atoms with Crippen molar-refractivity contribution < 1.29 is 19.2 Å². The van der Waals surface area contributed by atoms with Crippen molar-refractivity contribution in [1.82, 2.24) is 0 Å². The van der Waals surface area contributed by atoms with Gasteiger partial charge >= 0.3 is 5.70 Å². The van der Waals surface area contributed by atoms with Gasteiger partial charge < -0.3 is 14.4 Å². The monoisotopic (exact) mass is 386 g/mol. The van der Waals surface area contributed by atoms with E-state index in [1.54, 1.807) is 4.90 Å². The lowest BCUT2D eigenvalue weighted by molar-refractivity contribution is -0.424. The number of amides is 1. The smallest absolute Gasteiger partial charge is 0.310 e. The zero-order valence-corrected chi connectivity index (χ0v) is 16.1. The number of hydrogen-bond acceptors (Lipinski definition) is 5. The fourth-order valence-corrected chi connectivity index (χ4v) is 2.94. The van der Waals surface area contributed by atoms with E-state index in [-0.39, 0.29) is 30.4 Å². The summed E-state index contributed by atoms with van der Waals surface area (Å²) < 4.78 is 11.2. The van der Waals surface area contributed by atoms with E-state index < -0.39 is 11.0 Å². The molecule has 1 unspecified atom stereocenters. The Kier molecular flexibility index (Phi) is 7.80. The summed E-state index contributed by atoms with van der Waals surface area (Å²) >= 11 is 0. The Hall–Kier alpha value is -3.09. The minimum atomic E-state index is -0.702. The third-order valence-corrected chi connectivity index (χ3v) is 4.37. The Balaban J connectivity index is 2.03. The number of carbonyl (C=O) groups excluding carboxylic acids is 1. The largest absolute Gasteiger partial charge is 0.487 e. The number of benzene rings is 1. The molecule has 7 nitrogen and oxygen atoms in total. The molecule has 7 heteroatoms. The molecule has 28 heavy (non-hydrogen) atoms. The van der Waals surface area contributed by atoms with Gasteiger partial charge in [0.2, 0.25) is 0 Å². The van der Waals surface area contributed by atoms with Crippen LogP contribution in [0.1, 0.15) is 32.6 Å². The van der Waals surface area contributed by atoms with Crippen LogP contribution in [-0.2, 0) is 9.53 Å². The molecule has 1 amide bonds. The van der Waals surface area contributed by atoms with Crippen molar-refractivity contribution in [3.63, 3.8) is 0 Å². The fourth-order valence-electron chi connectivity index (χ4n) is 2.94. The number of ether oxygens (including phenoxy) is 2. The molecule has 0 aliphatic carbocycles. The van der Waals surface area contributed by atoms with Gasteiger partial charge in [-0.2, -0.15) is 0 Å². The topological polar surface area (TPSA) is 81.9 Å². The first-order valence-corrected chi connectivity index (χ1v) is 9.35. The second-order valence-corrected chi connectivity index (χ2v) is 6.38. The molecule has 1 aliphatic rings. The van der Waals surface area contributed by atoms with Gasteiger partial charge in [0.15, 0.2) is 11.9 Å². The molecule has 1 aromatic rings. The number of carbonyl (C=O) groups is 1. The molecule has 0 aromatic heterocycles. The molecule has 1 aromatic carbocycles. The van der Waals surface area contributed by atoms with E-state index in [4.69, 9.17) is 9.47 Å². The van der Waals surface area contributed by atoms with Crippen LogP contribution >= 0.6 is 0 Å². The van der Waals surface area contributed by atoms with Gasteiger partial charge in [0.1, 0.15) is 5.75 Å². The number of hydrogen-bond donors (Lipinski definition) is 0. The SMILES string of the molecule is C=C/C=C(\C(=C)OCCC1Oc2ccccc2N(CCCCC)C1=O)[N+](=O)[O-]. The minimum Gasteiger partial charge on any atom is -0.487 e. The molecule has 0 radical (unpaired) electrons. The fraction of sp³-hybridized carbons (Fsp3) is 0.381. The second-order valence-electron chi connectivity index (χ2n) is 6.38. The highest BCUT2D eigenvalue weighted by molar-refractivity contribution is 6.00. The highest BCUT2D eigenvalue weighted by Gasteiger charge is 2.34. The molecule has 1 heterocycles. The van der Waals surface area contributed by atoms with Gasteiger partial charge in [-0.05, 0) is 25.1 Å². The predicted octanol–water partition coefficient (Wildman–Crippen LogP) is 4.24. The van der Waals surface area contributed by atoms with Crippen LogP contribution in [0.2, 0.25) is 0 Å². The van der Waals surface area contributed by atoms with Crippen molar-refractivity contribution in [3.8, 4) is 5.75 Å². The summed E-state index contributed by atoms with van der Waals surface area (Å²) in [4.78, 5) is 25.1. The van der Waals surface area contributed by atoms with Crippen molar-refractivity contribution in [3.05, 3.63) is 71.1 Å². The summed E-state index contributed by atoms with van der Waals surface area (Å²) in [7, 11) is 0. The summed E-state index contributed by atoms with van der Waals surface area (Å²) in [6.07, 6.45) is 5.09. The molecule has 0 fully saturated rings. The predicted molar refractivity (Wildman–Crippen MR) is 108 cm³/mol. The maximum absolute atomic E-state index is 12.9. The number of fused-ring (bicyclic) bond motifs is 1. The molecule has 0 saturated carbocycles. The number of allylic oxidation sites excluding steroid dienone is 2. The van der Waals surface area contributed by atoms with Crippen LogP contribution in [0.5, 0.6) is 5.75 Å². The lowest BCUT2D eigenvalue weighted by Gasteiger charge is -2.34. The first kappa shape index (κ1) is 21.2. The Bertz CT molecular complexity index is 772. The van der Waals surface area contributed by atoms with Crippen LogP contribution in [0.4, 0.5) is 5.69 Å². The molecule has 150 valence electrons. The maximum atomic E-state index is 12.9. The zero-order chi connectivity index (χ0) is 20.5. The van der Waals surface area contributed by atoms with E-state index in [9.17, 15) is 14.9 Å². The Morgan fingerprint density at radius 3 is 2.82 bits per heavy atom. The first-order chi connectivity index (χ1) is 13.5. The number of nitro groups is 1. The van der Waals surface area contributed by atoms with Crippen molar-refractivity contribution in [2.24, 2.45) is 0 Å². The van der Waals surface area contributed by atoms with Gasteiger partial charge in [-0.3, -0.25) is 14.9 Å². The van der Waals surface area contributed by atoms with Crippen LogP contribution in [0.25, 0.3) is 0 Å². The van der Waals surface area contributed by atoms with Crippen LogP contribution in [-0.4, -0.2) is 30.1 Å². The van der Waals surface area contributed by atoms with E-state index in [1.165, 1.54) is 12.2 Å². The molecule has 1 aliphatic heterocycles. The quantitative estimate of drug-likeness (QED) is 0.187. The molecular weight excluding hydrogens is 360 g/mol. The van der Waals surface area contributed by atoms with Gasteiger partial charge in [-0.15, -0.1) is 0 Å². The van der Waals surface area contributed by atoms with Crippen molar-refractivity contribution >= 4 is 11.6 Å². The third-order valence-electron chi connectivity index (χ3n) is 4.37. The van der Waals surface area contributed by atoms with Crippen molar-refractivity contribution in [2.45, 2.75) is 38.7 Å². The summed E-state index contributed by atoms with van der Waals surface area (Å²) in [5.41, 5.74) is 0.507. The van der Waals surface area contributed by atoms with Crippen LogP contribution < -0.4 is 9.64 Å². The van der Waals surface area contributed by atoms with Crippen molar-refractivity contribution in [2.75, 3.05) is 18.1 Å². The van der Waals surface area contributed by atoms with Gasteiger partial charge in [-0.1, -0.05) is 44.6 Å². The average molecular weight is 386 g/mol. The van der Waals surface area contributed by atoms with E-state index in [0.717, 1.165) is 24.9 Å². The number of para-hydroxylation sites is 2. The first-order valence-electron chi connectivity index (χ1n) is 9.35. The van der Waals surface area contributed by atoms with Crippen LogP contribution in [0.15, 0.2) is 61.0 Å². The van der Waals surface area contributed by atoms with Crippen LogP contribution in [0.3, 0.4) is 0 Å². The summed E-state index contributed by atoms with van der Waals surface area (Å²) in [5, 5.41) is 11.0. The van der Waals surface area contributed by atoms with Crippen molar-refractivity contribution in [1.29, 1.82) is 0 Å². The van der Waals surface area contributed by atoms with Gasteiger partial charge in [0.05, 0.1) is 17.2 Å².